The first-order valence-corrected chi connectivity index (χ1v) is 6.35. The number of hydrogen-bond donors (Lipinski definition) is 3. The predicted octanol–water partition coefficient (Wildman–Crippen LogP) is 1.77. The number of benzene rings is 1. The number of rotatable bonds is 3. The van der Waals surface area contributed by atoms with Gasteiger partial charge in [-0.15, -0.1) is 0 Å². The molecule has 1 heterocycles. The summed E-state index contributed by atoms with van der Waals surface area (Å²) in [6.45, 7) is -0.00348. The molecule has 106 valence electrons. The first-order valence-electron chi connectivity index (χ1n) is 6.35. The highest BCUT2D eigenvalue weighted by Gasteiger charge is 2.09. The number of nitrogens with zero attached hydrogens (tertiary/aromatic N) is 1. The molecule has 0 saturated heterocycles. The quantitative estimate of drug-likeness (QED) is 0.749. The monoisotopic (exact) mass is 282 g/mol. The van der Waals surface area contributed by atoms with Crippen molar-refractivity contribution >= 4 is 11.6 Å². The second-order valence-corrected chi connectivity index (χ2v) is 4.21. The van der Waals surface area contributed by atoms with Gasteiger partial charge in [-0.05, 0) is 18.2 Å². The largest absolute Gasteiger partial charge is 0.506 e. The number of pyridine rings is 1. The van der Waals surface area contributed by atoms with E-state index < -0.39 is 0 Å². The lowest BCUT2D eigenvalue weighted by molar-refractivity contribution is 0.102. The minimum atomic E-state index is -0.380. The zero-order valence-electron chi connectivity index (χ0n) is 11.2. The molecule has 2 aromatic rings. The summed E-state index contributed by atoms with van der Waals surface area (Å²) in [5.74, 6) is 5.25. The molecule has 2 rings (SSSR count). The van der Waals surface area contributed by atoms with Gasteiger partial charge in [0.25, 0.3) is 5.91 Å². The zero-order valence-corrected chi connectivity index (χ0v) is 11.2. The van der Waals surface area contributed by atoms with Crippen LogP contribution < -0.4 is 5.32 Å². The zero-order chi connectivity index (χ0) is 15.1. The van der Waals surface area contributed by atoms with E-state index in [1.165, 1.54) is 18.5 Å². The maximum atomic E-state index is 12.1. The highest BCUT2D eigenvalue weighted by atomic mass is 16.3. The van der Waals surface area contributed by atoms with Crippen molar-refractivity contribution < 1.29 is 15.0 Å². The molecule has 0 fully saturated rings. The molecular formula is C16H14N2O3. The van der Waals surface area contributed by atoms with Gasteiger partial charge >= 0.3 is 0 Å². The van der Waals surface area contributed by atoms with Crippen molar-refractivity contribution in [1.29, 1.82) is 0 Å². The number of nitrogens with one attached hydrogen (secondary N) is 1. The number of aromatic hydroxyl groups is 1. The van der Waals surface area contributed by atoms with Crippen LogP contribution in [-0.4, -0.2) is 27.7 Å². The van der Waals surface area contributed by atoms with Gasteiger partial charge in [-0.2, -0.15) is 0 Å². The van der Waals surface area contributed by atoms with Gasteiger partial charge in [-0.25, -0.2) is 0 Å². The summed E-state index contributed by atoms with van der Waals surface area (Å²) in [6.07, 6.45) is 3.00. The van der Waals surface area contributed by atoms with Gasteiger partial charge in [0.15, 0.2) is 0 Å². The molecule has 0 atom stereocenters. The van der Waals surface area contributed by atoms with Crippen LogP contribution in [0.3, 0.4) is 0 Å². The molecule has 5 nitrogen and oxygen atoms in total. The summed E-state index contributed by atoms with van der Waals surface area (Å²) < 4.78 is 0. The van der Waals surface area contributed by atoms with E-state index in [2.05, 4.69) is 22.1 Å². The summed E-state index contributed by atoms with van der Waals surface area (Å²) >= 11 is 0. The number of hydrogen-bond acceptors (Lipinski definition) is 4. The van der Waals surface area contributed by atoms with Gasteiger partial charge in [0, 0.05) is 18.2 Å². The van der Waals surface area contributed by atoms with Crippen LogP contribution in [0.4, 0.5) is 5.69 Å². The molecule has 5 heteroatoms. The SMILES string of the molecule is O=C(Nc1ccccc1C#CCCO)c1cncc(O)c1. The first-order chi connectivity index (χ1) is 10.2. The van der Waals surface area contributed by atoms with E-state index in [0.717, 1.165) is 0 Å². The Kier molecular flexibility index (Phi) is 4.91. The van der Waals surface area contributed by atoms with E-state index in [1.54, 1.807) is 18.2 Å². The van der Waals surface area contributed by atoms with E-state index in [-0.39, 0.29) is 23.8 Å². The summed E-state index contributed by atoms with van der Waals surface area (Å²) in [7, 11) is 0. The average molecular weight is 282 g/mol. The van der Waals surface area contributed by atoms with Gasteiger partial charge in [0.2, 0.25) is 0 Å². The van der Waals surface area contributed by atoms with Gasteiger partial charge in [0.1, 0.15) is 5.75 Å². The van der Waals surface area contributed by atoms with Crippen LogP contribution in [-0.2, 0) is 0 Å². The fourth-order valence-corrected chi connectivity index (χ4v) is 1.66. The summed E-state index contributed by atoms with van der Waals surface area (Å²) in [5.41, 5.74) is 1.48. The molecule has 0 spiro atoms. The van der Waals surface area contributed by atoms with Crippen molar-refractivity contribution in [3.8, 4) is 17.6 Å². The highest BCUT2D eigenvalue weighted by molar-refractivity contribution is 6.04. The summed E-state index contributed by atoms with van der Waals surface area (Å²) in [4.78, 5) is 15.9. The van der Waals surface area contributed by atoms with Crippen molar-refractivity contribution in [2.24, 2.45) is 0 Å². The van der Waals surface area contributed by atoms with Gasteiger partial charge in [-0.3, -0.25) is 9.78 Å². The third-order valence-corrected chi connectivity index (χ3v) is 2.62. The molecular weight excluding hydrogens is 268 g/mol. The number of aromatic nitrogens is 1. The Morgan fingerprint density at radius 2 is 2.10 bits per heavy atom. The Balaban J connectivity index is 2.20. The maximum absolute atomic E-state index is 12.1. The third-order valence-electron chi connectivity index (χ3n) is 2.62. The maximum Gasteiger partial charge on any atom is 0.257 e. The Labute approximate surface area is 122 Å². The van der Waals surface area contributed by atoms with Crippen molar-refractivity contribution in [1.82, 2.24) is 4.98 Å². The van der Waals surface area contributed by atoms with Crippen molar-refractivity contribution in [2.75, 3.05) is 11.9 Å². The summed E-state index contributed by atoms with van der Waals surface area (Å²) in [5, 5.41) is 20.8. The predicted molar refractivity (Wildman–Crippen MR) is 78.9 cm³/mol. The molecule has 0 bridgehead atoms. The molecule has 1 aromatic heterocycles. The molecule has 0 aliphatic rings. The lowest BCUT2D eigenvalue weighted by Gasteiger charge is -2.07. The number of carbonyl (C=O) groups is 1. The fraction of sp³-hybridized carbons (Fsp3) is 0.125. The third kappa shape index (κ3) is 4.06. The van der Waals surface area contributed by atoms with Crippen LogP contribution >= 0.6 is 0 Å². The number of aliphatic hydroxyl groups excluding tert-OH is 1. The van der Waals surface area contributed by atoms with Crippen LogP contribution in [0.5, 0.6) is 5.75 Å². The van der Waals surface area contributed by atoms with Crippen LogP contribution in [0.25, 0.3) is 0 Å². The van der Waals surface area contributed by atoms with E-state index >= 15 is 0 Å². The Bertz CT molecular complexity index is 702. The molecule has 0 unspecified atom stereocenters. The topological polar surface area (TPSA) is 82.5 Å². The van der Waals surface area contributed by atoms with Crippen LogP contribution in [0.15, 0.2) is 42.7 Å². The number of carbonyl (C=O) groups excluding carboxylic acids is 1. The van der Waals surface area contributed by atoms with E-state index in [1.807, 2.05) is 6.07 Å². The van der Waals surface area contributed by atoms with E-state index in [4.69, 9.17) is 5.11 Å². The van der Waals surface area contributed by atoms with Crippen LogP contribution in [0.1, 0.15) is 22.3 Å². The van der Waals surface area contributed by atoms with E-state index in [9.17, 15) is 9.90 Å². The molecule has 21 heavy (non-hydrogen) atoms. The highest BCUT2D eigenvalue weighted by Crippen LogP contribution is 2.16. The molecule has 1 amide bonds. The van der Waals surface area contributed by atoms with Crippen molar-refractivity contribution in [2.45, 2.75) is 6.42 Å². The molecule has 0 aliphatic heterocycles. The normalized spacial score (nSPS) is 9.57. The Morgan fingerprint density at radius 3 is 2.86 bits per heavy atom. The smallest absolute Gasteiger partial charge is 0.257 e. The number of anilines is 1. The second-order valence-electron chi connectivity index (χ2n) is 4.21. The lowest BCUT2D eigenvalue weighted by atomic mass is 10.1. The van der Waals surface area contributed by atoms with Crippen LogP contribution in [0, 0.1) is 11.8 Å². The average Bonchev–Trinajstić information content (AvgIpc) is 2.49. The lowest BCUT2D eigenvalue weighted by Crippen LogP contribution is -2.13. The summed E-state index contributed by atoms with van der Waals surface area (Å²) in [6, 6.07) is 8.45. The molecule has 0 aliphatic carbocycles. The van der Waals surface area contributed by atoms with Crippen LogP contribution in [0.2, 0.25) is 0 Å². The molecule has 0 saturated carbocycles. The van der Waals surface area contributed by atoms with Crippen molar-refractivity contribution in [3.63, 3.8) is 0 Å². The minimum absolute atomic E-state index is 0.00348. The number of aliphatic hydroxyl groups is 1. The van der Waals surface area contributed by atoms with Gasteiger partial charge in [-0.1, -0.05) is 24.0 Å². The Hall–Kier alpha value is -2.84. The minimum Gasteiger partial charge on any atom is -0.506 e. The molecule has 3 N–H and O–H groups in total. The fourth-order valence-electron chi connectivity index (χ4n) is 1.66. The number of amides is 1. The molecule has 0 radical (unpaired) electrons. The second kappa shape index (κ2) is 7.08. The first kappa shape index (κ1) is 14.6. The number of para-hydroxylation sites is 1. The van der Waals surface area contributed by atoms with Gasteiger partial charge < -0.3 is 15.5 Å². The molecule has 1 aromatic carbocycles. The van der Waals surface area contributed by atoms with Crippen molar-refractivity contribution in [3.05, 3.63) is 53.9 Å². The van der Waals surface area contributed by atoms with Gasteiger partial charge in [0.05, 0.1) is 24.1 Å². The van der Waals surface area contributed by atoms with E-state index in [0.29, 0.717) is 17.7 Å². The Morgan fingerprint density at radius 1 is 1.29 bits per heavy atom. The standard InChI is InChI=1S/C16H14N2O3/c19-8-4-3-6-12-5-1-2-7-15(12)18-16(21)13-9-14(20)11-17-10-13/h1-2,5,7,9-11,19-20H,4,8H2,(H,18,21).